The highest BCUT2D eigenvalue weighted by Crippen LogP contribution is 2.19. The number of pyridine rings is 1. The molecule has 1 amide bonds. The Balaban J connectivity index is 1.68. The van der Waals surface area contributed by atoms with Gasteiger partial charge in [0.15, 0.2) is 0 Å². The Labute approximate surface area is 145 Å². The van der Waals surface area contributed by atoms with Crippen LogP contribution in [0.3, 0.4) is 0 Å². The highest BCUT2D eigenvalue weighted by atomic mass is 19.1. The summed E-state index contributed by atoms with van der Waals surface area (Å²) >= 11 is 0. The van der Waals surface area contributed by atoms with Crippen molar-refractivity contribution in [1.82, 2.24) is 9.88 Å². The summed E-state index contributed by atoms with van der Waals surface area (Å²) in [7, 11) is 0. The molecule has 6 heteroatoms. The molecule has 0 saturated carbocycles. The van der Waals surface area contributed by atoms with E-state index in [1.54, 1.807) is 18.3 Å². The molecule has 1 fully saturated rings. The lowest BCUT2D eigenvalue weighted by atomic mass is 10.1. The number of halogens is 2. The first-order valence-corrected chi connectivity index (χ1v) is 8.58. The van der Waals surface area contributed by atoms with E-state index in [0.29, 0.717) is 11.4 Å². The summed E-state index contributed by atoms with van der Waals surface area (Å²) in [6.07, 6.45) is 4.95. The zero-order valence-electron chi connectivity index (χ0n) is 14.0. The molecule has 0 aliphatic carbocycles. The Morgan fingerprint density at radius 3 is 2.52 bits per heavy atom. The first-order chi connectivity index (χ1) is 12.2. The highest BCUT2D eigenvalue weighted by molar-refractivity contribution is 5.98. The summed E-state index contributed by atoms with van der Waals surface area (Å²) in [4.78, 5) is 18.7. The van der Waals surface area contributed by atoms with Gasteiger partial charge < -0.3 is 10.2 Å². The lowest BCUT2D eigenvalue weighted by molar-refractivity contribution is 0.0725. The van der Waals surface area contributed by atoms with E-state index < -0.39 is 11.6 Å². The SMILES string of the molecule is O=C(c1cccnc1NCCc1c(F)cccc1F)N1CCCCC1. The minimum atomic E-state index is -0.563. The topological polar surface area (TPSA) is 45.2 Å². The molecule has 0 radical (unpaired) electrons. The maximum atomic E-state index is 13.7. The van der Waals surface area contributed by atoms with Crippen molar-refractivity contribution >= 4 is 11.7 Å². The van der Waals surface area contributed by atoms with Gasteiger partial charge in [-0.3, -0.25) is 4.79 Å². The third-order valence-electron chi connectivity index (χ3n) is 4.41. The fourth-order valence-corrected chi connectivity index (χ4v) is 3.06. The van der Waals surface area contributed by atoms with Crippen molar-refractivity contribution in [3.8, 4) is 0 Å². The number of piperidine rings is 1. The summed E-state index contributed by atoms with van der Waals surface area (Å²) < 4.78 is 27.4. The molecule has 0 bridgehead atoms. The zero-order chi connectivity index (χ0) is 17.6. The number of rotatable bonds is 5. The van der Waals surface area contributed by atoms with Crippen LogP contribution < -0.4 is 5.32 Å². The molecule has 1 aliphatic heterocycles. The number of nitrogens with zero attached hydrogens (tertiary/aromatic N) is 2. The Morgan fingerprint density at radius 1 is 1.08 bits per heavy atom. The van der Waals surface area contributed by atoms with Crippen LogP contribution in [0.25, 0.3) is 0 Å². The van der Waals surface area contributed by atoms with Gasteiger partial charge in [-0.05, 0) is 49.9 Å². The van der Waals surface area contributed by atoms with Crippen LogP contribution in [0.15, 0.2) is 36.5 Å². The fraction of sp³-hybridized carbons (Fsp3) is 0.368. The number of hydrogen-bond donors (Lipinski definition) is 1. The summed E-state index contributed by atoms with van der Waals surface area (Å²) in [6, 6.07) is 7.28. The third-order valence-corrected chi connectivity index (χ3v) is 4.41. The number of amides is 1. The quantitative estimate of drug-likeness (QED) is 0.900. The normalized spacial score (nSPS) is 14.4. The Bertz CT molecular complexity index is 725. The van der Waals surface area contributed by atoms with E-state index in [0.717, 1.165) is 32.4 Å². The van der Waals surface area contributed by atoms with Gasteiger partial charge in [0.05, 0.1) is 5.56 Å². The minimum absolute atomic E-state index is 0.0369. The fourth-order valence-electron chi connectivity index (χ4n) is 3.06. The van der Waals surface area contributed by atoms with Crippen LogP contribution in [-0.2, 0) is 6.42 Å². The van der Waals surface area contributed by atoms with Gasteiger partial charge in [0.2, 0.25) is 0 Å². The molecular weight excluding hydrogens is 324 g/mol. The monoisotopic (exact) mass is 345 g/mol. The van der Waals surface area contributed by atoms with Crippen molar-refractivity contribution in [3.05, 3.63) is 59.3 Å². The predicted octanol–water partition coefficient (Wildman–Crippen LogP) is 3.64. The van der Waals surface area contributed by atoms with Crippen LogP contribution in [-0.4, -0.2) is 35.4 Å². The largest absolute Gasteiger partial charge is 0.369 e. The smallest absolute Gasteiger partial charge is 0.257 e. The first kappa shape index (κ1) is 17.3. The molecule has 2 aromatic rings. The maximum absolute atomic E-state index is 13.7. The molecule has 1 saturated heterocycles. The number of carbonyl (C=O) groups is 1. The van der Waals surface area contributed by atoms with Crippen LogP contribution in [0, 0.1) is 11.6 Å². The van der Waals surface area contributed by atoms with E-state index in [1.807, 2.05) is 4.90 Å². The molecule has 1 N–H and O–H groups in total. The van der Waals surface area contributed by atoms with Gasteiger partial charge in [0, 0.05) is 31.4 Å². The number of carbonyl (C=O) groups excluding carboxylic acids is 1. The van der Waals surface area contributed by atoms with E-state index in [-0.39, 0.29) is 24.4 Å². The number of likely N-dealkylation sites (tertiary alicyclic amines) is 1. The third kappa shape index (κ3) is 4.13. The predicted molar refractivity (Wildman–Crippen MR) is 92.5 cm³/mol. The van der Waals surface area contributed by atoms with E-state index >= 15 is 0 Å². The first-order valence-electron chi connectivity index (χ1n) is 8.58. The molecule has 1 aliphatic rings. The molecule has 0 unspecified atom stereocenters. The minimum Gasteiger partial charge on any atom is -0.369 e. The summed E-state index contributed by atoms with van der Waals surface area (Å²) in [6.45, 7) is 1.80. The second-order valence-corrected chi connectivity index (χ2v) is 6.13. The van der Waals surface area contributed by atoms with Crippen molar-refractivity contribution in [1.29, 1.82) is 0 Å². The van der Waals surface area contributed by atoms with Crippen molar-refractivity contribution in [3.63, 3.8) is 0 Å². The second kappa shape index (κ2) is 8.05. The standard InChI is InChI=1S/C19H21F2N3O/c20-16-7-4-8-17(21)14(16)9-11-23-18-15(6-5-10-22-18)19(25)24-12-2-1-3-13-24/h4-8,10H,1-3,9,11-13H2,(H,22,23). The van der Waals surface area contributed by atoms with Crippen LogP contribution in [0.4, 0.5) is 14.6 Å². The van der Waals surface area contributed by atoms with Crippen molar-refractivity contribution < 1.29 is 13.6 Å². The van der Waals surface area contributed by atoms with E-state index in [2.05, 4.69) is 10.3 Å². The zero-order valence-corrected chi connectivity index (χ0v) is 14.0. The molecule has 25 heavy (non-hydrogen) atoms. The van der Waals surface area contributed by atoms with Crippen LogP contribution >= 0.6 is 0 Å². The van der Waals surface area contributed by atoms with Gasteiger partial charge in [0.25, 0.3) is 5.91 Å². The summed E-state index contributed by atoms with van der Waals surface area (Å²) in [5.41, 5.74) is 0.535. The molecule has 1 aromatic carbocycles. The average Bonchev–Trinajstić information content (AvgIpc) is 2.65. The van der Waals surface area contributed by atoms with E-state index in [4.69, 9.17) is 0 Å². The van der Waals surface area contributed by atoms with Gasteiger partial charge in [-0.1, -0.05) is 6.07 Å². The van der Waals surface area contributed by atoms with Gasteiger partial charge in [-0.25, -0.2) is 13.8 Å². The van der Waals surface area contributed by atoms with Crippen molar-refractivity contribution in [2.75, 3.05) is 25.0 Å². The number of benzene rings is 1. The van der Waals surface area contributed by atoms with Crippen molar-refractivity contribution in [2.45, 2.75) is 25.7 Å². The molecule has 4 nitrogen and oxygen atoms in total. The summed E-state index contributed by atoms with van der Waals surface area (Å²) in [5, 5.41) is 3.04. The van der Waals surface area contributed by atoms with E-state index in [9.17, 15) is 13.6 Å². The number of anilines is 1. The molecule has 0 spiro atoms. The number of nitrogens with one attached hydrogen (secondary N) is 1. The molecule has 1 aromatic heterocycles. The number of hydrogen-bond acceptors (Lipinski definition) is 3. The highest BCUT2D eigenvalue weighted by Gasteiger charge is 2.21. The Morgan fingerprint density at radius 2 is 1.80 bits per heavy atom. The van der Waals surface area contributed by atoms with Gasteiger partial charge in [-0.15, -0.1) is 0 Å². The molecule has 3 rings (SSSR count). The summed E-state index contributed by atoms with van der Waals surface area (Å²) in [5.74, 6) is -0.720. The van der Waals surface area contributed by atoms with Crippen molar-refractivity contribution in [2.24, 2.45) is 0 Å². The Kier molecular flexibility index (Phi) is 5.58. The van der Waals surface area contributed by atoms with E-state index in [1.165, 1.54) is 18.2 Å². The van der Waals surface area contributed by atoms with Crippen LogP contribution in [0.2, 0.25) is 0 Å². The van der Waals surface area contributed by atoms with Gasteiger partial charge in [0.1, 0.15) is 17.5 Å². The Hall–Kier alpha value is -2.50. The lowest BCUT2D eigenvalue weighted by Gasteiger charge is -2.27. The molecular formula is C19H21F2N3O. The molecule has 0 atom stereocenters. The van der Waals surface area contributed by atoms with Crippen LogP contribution in [0.1, 0.15) is 35.2 Å². The lowest BCUT2D eigenvalue weighted by Crippen LogP contribution is -2.36. The van der Waals surface area contributed by atoms with Gasteiger partial charge in [-0.2, -0.15) is 0 Å². The molecule has 2 heterocycles. The maximum Gasteiger partial charge on any atom is 0.257 e. The average molecular weight is 345 g/mol. The van der Waals surface area contributed by atoms with Gasteiger partial charge >= 0.3 is 0 Å². The number of aromatic nitrogens is 1. The molecule has 132 valence electrons. The second-order valence-electron chi connectivity index (χ2n) is 6.13. The van der Waals surface area contributed by atoms with Crippen LogP contribution in [0.5, 0.6) is 0 Å².